The van der Waals surface area contributed by atoms with Crippen LogP contribution in [0.25, 0.3) is 0 Å². The molecule has 0 aromatic carbocycles. The van der Waals surface area contributed by atoms with Crippen LogP contribution in [0.4, 0.5) is 5.82 Å². The third-order valence-electron chi connectivity index (χ3n) is 1.95. The smallest absolute Gasteiger partial charge is 0.290 e. The largest absolute Gasteiger partial charge is 0.393 e. The summed E-state index contributed by atoms with van der Waals surface area (Å²) >= 11 is 0. The van der Waals surface area contributed by atoms with Crippen molar-refractivity contribution in [3.8, 4) is 0 Å². The van der Waals surface area contributed by atoms with Gasteiger partial charge in [-0.1, -0.05) is 6.92 Å². The Labute approximate surface area is 82.2 Å². The fourth-order valence-electron chi connectivity index (χ4n) is 1.04. The van der Waals surface area contributed by atoms with Crippen LogP contribution in [0.3, 0.4) is 0 Å². The van der Waals surface area contributed by atoms with Gasteiger partial charge in [-0.2, -0.15) is 0 Å². The molecule has 0 aliphatic heterocycles. The third kappa shape index (κ3) is 3.18. The topological polar surface area (TPSA) is 78.0 Å². The van der Waals surface area contributed by atoms with Gasteiger partial charge in [-0.05, 0) is 12.8 Å². The fraction of sp³-hybridized carbons (Fsp3) is 0.556. The van der Waals surface area contributed by atoms with E-state index in [1.165, 1.54) is 12.4 Å². The number of aliphatic hydroxyl groups is 1. The number of hydrogen-bond donors (Lipinski definition) is 3. The van der Waals surface area contributed by atoms with E-state index < -0.39 is 0 Å². The first-order valence-electron chi connectivity index (χ1n) is 4.69. The van der Waals surface area contributed by atoms with Crippen LogP contribution in [0.15, 0.2) is 17.2 Å². The van der Waals surface area contributed by atoms with Crippen LogP contribution < -0.4 is 10.9 Å². The Kier molecular flexibility index (Phi) is 4.12. The number of hydrogen-bond acceptors (Lipinski definition) is 4. The van der Waals surface area contributed by atoms with Crippen LogP contribution in [0.5, 0.6) is 0 Å². The number of aromatic amines is 1. The van der Waals surface area contributed by atoms with Gasteiger partial charge >= 0.3 is 0 Å². The molecule has 1 unspecified atom stereocenters. The maximum Gasteiger partial charge on any atom is 0.290 e. The van der Waals surface area contributed by atoms with Crippen molar-refractivity contribution < 1.29 is 5.11 Å². The summed E-state index contributed by atoms with van der Waals surface area (Å²) in [4.78, 5) is 17.5. The Hall–Kier alpha value is -1.36. The van der Waals surface area contributed by atoms with E-state index in [1.54, 1.807) is 0 Å². The lowest BCUT2D eigenvalue weighted by atomic mass is 10.2. The van der Waals surface area contributed by atoms with Gasteiger partial charge in [-0.25, -0.2) is 4.98 Å². The molecule has 14 heavy (non-hydrogen) atoms. The van der Waals surface area contributed by atoms with Crippen LogP contribution in [0.2, 0.25) is 0 Å². The SMILES string of the molecule is CCC(O)CCNc1ncc[nH]c1=O. The molecule has 1 atom stereocenters. The molecule has 0 aliphatic carbocycles. The summed E-state index contributed by atoms with van der Waals surface area (Å²) in [5.41, 5.74) is -0.238. The number of H-pyrrole nitrogens is 1. The summed E-state index contributed by atoms with van der Waals surface area (Å²) in [7, 11) is 0. The monoisotopic (exact) mass is 197 g/mol. The first-order chi connectivity index (χ1) is 6.74. The Balaban J connectivity index is 2.39. The van der Waals surface area contributed by atoms with Gasteiger partial charge in [0.25, 0.3) is 5.56 Å². The molecule has 0 bridgehead atoms. The van der Waals surface area contributed by atoms with Crippen molar-refractivity contribution in [3.05, 3.63) is 22.7 Å². The van der Waals surface area contributed by atoms with Crippen molar-refractivity contribution in [1.82, 2.24) is 9.97 Å². The van der Waals surface area contributed by atoms with E-state index in [9.17, 15) is 9.90 Å². The first-order valence-corrected chi connectivity index (χ1v) is 4.69. The molecule has 5 heteroatoms. The average Bonchev–Trinajstić information content (AvgIpc) is 2.20. The Morgan fingerprint density at radius 3 is 3.14 bits per heavy atom. The zero-order chi connectivity index (χ0) is 10.4. The molecule has 1 rings (SSSR count). The van der Waals surface area contributed by atoms with Crippen molar-refractivity contribution in [1.29, 1.82) is 0 Å². The molecule has 5 nitrogen and oxygen atoms in total. The lowest BCUT2D eigenvalue weighted by Crippen LogP contribution is -2.19. The highest BCUT2D eigenvalue weighted by Gasteiger charge is 2.01. The molecule has 0 fully saturated rings. The van der Waals surface area contributed by atoms with E-state index in [2.05, 4.69) is 15.3 Å². The molecular formula is C9H15N3O2. The van der Waals surface area contributed by atoms with Crippen LogP contribution in [-0.2, 0) is 0 Å². The second-order valence-corrected chi connectivity index (χ2v) is 3.04. The van der Waals surface area contributed by atoms with Crippen molar-refractivity contribution in [2.24, 2.45) is 0 Å². The Morgan fingerprint density at radius 1 is 1.71 bits per heavy atom. The van der Waals surface area contributed by atoms with Gasteiger partial charge in [0.15, 0.2) is 5.82 Å². The number of nitrogens with zero attached hydrogens (tertiary/aromatic N) is 1. The van der Waals surface area contributed by atoms with E-state index in [0.717, 1.165) is 6.42 Å². The van der Waals surface area contributed by atoms with E-state index >= 15 is 0 Å². The zero-order valence-electron chi connectivity index (χ0n) is 8.16. The Bertz CT molecular complexity index is 324. The van der Waals surface area contributed by atoms with Crippen molar-refractivity contribution in [3.63, 3.8) is 0 Å². The van der Waals surface area contributed by atoms with Crippen LogP contribution >= 0.6 is 0 Å². The van der Waals surface area contributed by atoms with E-state index in [4.69, 9.17) is 0 Å². The summed E-state index contributed by atoms with van der Waals surface area (Å²) in [5, 5.41) is 12.1. The molecule has 0 spiro atoms. The lowest BCUT2D eigenvalue weighted by molar-refractivity contribution is 0.164. The molecule has 1 aromatic rings. The highest BCUT2D eigenvalue weighted by atomic mass is 16.3. The first kappa shape index (κ1) is 10.7. The Morgan fingerprint density at radius 2 is 2.50 bits per heavy atom. The zero-order valence-corrected chi connectivity index (χ0v) is 8.16. The van der Waals surface area contributed by atoms with Crippen LogP contribution in [-0.4, -0.2) is 27.7 Å². The van der Waals surface area contributed by atoms with Crippen molar-refractivity contribution in [2.45, 2.75) is 25.9 Å². The number of aliphatic hydroxyl groups excluding tert-OH is 1. The highest BCUT2D eigenvalue weighted by molar-refractivity contribution is 5.29. The molecule has 0 radical (unpaired) electrons. The molecular weight excluding hydrogens is 182 g/mol. The van der Waals surface area contributed by atoms with Gasteiger partial charge in [0, 0.05) is 18.9 Å². The van der Waals surface area contributed by atoms with Crippen LogP contribution in [0.1, 0.15) is 19.8 Å². The van der Waals surface area contributed by atoms with Gasteiger partial charge in [0.2, 0.25) is 0 Å². The molecule has 0 aliphatic rings. The molecule has 78 valence electrons. The average molecular weight is 197 g/mol. The molecule has 0 amide bonds. The van der Waals surface area contributed by atoms with E-state index in [0.29, 0.717) is 18.8 Å². The van der Waals surface area contributed by atoms with Crippen LogP contribution in [0, 0.1) is 0 Å². The van der Waals surface area contributed by atoms with E-state index in [-0.39, 0.29) is 11.7 Å². The normalized spacial score (nSPS) is 12.4. The summed E-state index contributed by atoms with van der Waals surface area (Å²) in [6, 6.07) is 0. The summed E-state index contributed by atoms with van der Waals surface area (Å²) in [6.45, 7) is 2.47. The predicted octanol–water partition coefficient (Wildman–Crippen LogP) is 0.343. The van der Waals surface area contributed by atoms with Gasteiger partial charge in [0.05, 0.1) is 6.10 Å². The fourth-order valence-corrected chi connectivity index (χ4v) is 1.04. The second kappa shape index (κ2) is 5.39. The van der Waals surface area contributed by atoms with E-state index in [1.807, 2.05) is 6.92 Å². The van der Waals surface area contributed by atoms with Gasteiger partial charge in [0.1, 0.15) is 0 Å². The molecule has 3 N–H and O–H groups in total. The summed E-state index contributed by atoms with van der Waals surface area (Å²) in [6.07, 6.45) is 4.02. The lowest BCUT2D eigenvalue weighted by Gasteiger charge is -2.07. The number of nitrogens with one attached hydrogen (secondary N) is 2. The maximum absolute atomic E-state index is 11.1. The number of rotatable bonds is 5. The quantitative estimate of drug-likeness (QED) is 0.636. The summed E-state index contributed by atoms with van der Waals surface area (Å²) < 4.78 is 0. The standard InChI is InChI=1S/C9H15N3O2/c1-2-7(13)3-4-10-8-9(14)12-6-5-11-8/h5-7,13H,2-4H2,1H3,(H,10,11)(H,12,14). The number of anilines is 1. The van der Waals surface area contributed by atoms with Gasteiger partial charge in [-0.3, -0.25) is 4.79 Å². The molecule has 0 saturated carbocycles. The number of aromatic nitrogens is 2. The highest BCUT2D eigenvalue weighted by Crippen LogP contribution is 1.97. The van der Waals surface area contributed by atoms with Gasteiger partial charge < -0.3 is 15.4 Å². The molecule has 0 saturated heterocycles. The molecule has 1 heterocycles. The minimum atomic E-state index is -0.315. The van der Waals surface area contributed by atoms with Crippen molar-refractivity contribution >= 4 is 5.82 Å². The second-order valence-electron chi connectivity index (χ2n) is 3.04. The third-order valence-corrected chi connectivity index (χ3v) is 1.95. The summed E-state index contributed by atoms with van der Waals surface area (Å²) in [5.74, 6) is 0.302. The maximum atomic E-state index is 11.1. The minimum Gasteiger partial charge on any atom is -0.393 e. The molecule has 1 aromatic heterocycles. The predicted molar refractivity (Wildman–Crippen MR) is 54.3 cm³/mol. The van der Waals surface area contributed by atoms with Crippen molar-refractivity contribution in [2.75, 3.05) is 11.9 Å². The minimum absolute atomic E-state index is 0.238. The van der Waals surface area contributed by atoms with Gasteiger partial charge in [-0.15, -0.1) is 0 Å².